The Morgan fingerprint density at radius 2 is 0.917 bits per heavy atom. The van der Waals surface area contributed by atoms with Gasteiger partial charge in [-0.05, 0) is 73.6 Å². The van der Waals surface area contributed by atoms with Gasteiger partial charge in [-0.1, -0.05) is 6.07 Å². The largest absolute Gasteiger partial charge is 0.261 e. The van der Waals surface area contributed by atoms with Crippen molar-refractivity contribution in [2.24, 2.45) is 0 Å². The smallest absolute Gasteiger partial charge is 0.104 e. The van der Waals surface area contributed by atoms with Crippen molar-refractivity contribution in [3.63, 3.8) is 0 Å². The molecule has 0 spiro atoms. The van der Waals surface area contributed by atoms with Crippen molar-refractivity contribution < 1.29 is 0 Å². The summed E-state index contributed by atoms with van der Waals surface area (Å²) in [5.74, 6) is 0. The van der Waals surface area contributed by atoms with Crippen LogP contribution >= 0.6 is 14.8 Å². The van der Waals surface area contributed by atoms with E-state index in [1.54, 1.807) is 0 Å². The topological polar surface area (TPSA) is 24.1 Å². The molecule has 0 saturated heterocycles. The monoisotopic (exact) mass is 370 g/mol. The molecule has 1 rings (SSSR count). The van der Waals surface area contributed by atoms with E-state index in [1.807, 2.05) is 0 Å². The second kappa shape index (κ2) is 8.37. The summed E-state index contributed by atoms with van der Waals surface area (Å²) in [4.78, 5) is 0. The van der Waals surface area contributed by atoms with Crippen molar-refractivity contribution in [3.8, 4) is 0 Å². The maximum absolute atomic E-state index is 3.92. The van der Waals surface area contributed by atoms with Crippen LogP contribution < -0.4 is 10.2 Å². The van der Waals surface area contributed by atoms with Gasteiger partial charge in [0.2, 0.25) is 0 Å². The van der Waals surface area contributed by atoms with Crippen molar-refractivity contribution in [2.75, 3.05) is 23.5 Å². The first-order valence-electron chi connectivity index (χ1n) is 9.31. The van der Waals surface area contributed by atoms with Gasteiger partial charge >= 0.3 is 0 Å². The van der Waals surface area contributed by atoms with Gasteiger partial charge in [-0.15, -0.1) is 0 Å². The maximum Gasteiger partial charge on any atom is 0.104 e. The van der Waals surface area contributed by atoms with Crippen LogP contribution in [0.5, 0.6) is 0 Å². The Kier molecular flexibility index (Phi) is 7.58. The number of rotatable bonds is 8. The average molecular weight is 371 g/mol. The minimum absolute atomic E-state index is 0.679. The maximum atomic E-state index is 3.92. The molecule has 0 fully saturated rings. The Morgan fingerprint density at radius 3 is 1.17 bits per heavy atom. The van der Waals surface area contributed by atoms with Crippen LogP contribution in [0.3, 0.4) is 0 Å². The number of hydrogen-bond acceptors (Lipinski definition) is 2. The van der Waals surface area contributed by atoms with Crippen molar-refractivity contribution in [1.29, 1.82) is 0 Å². The van der Waals surface area contributed by atoms with E-state index in [4.69, 9.17) is 0 Å². The molecule has 0 aliphatic carbocycles. The van der Waals surface area contributed by atoms with E-state index in [2.05, 4.69) is 103 Å². The molecule has 0 amide bonds. The molecule has 0 heterocycles. The van der Waals surface area contributed by atoms with Crippen LogP contribution in [0.1, 0.15) is 55.4 Å². The lowest BCUT2D eigenvalue weighted by atomic mass is 10.3. The molecule has 4 heteroatoms. The highest BCUT2D eigenvalue weighted by atomic mass is 31.2. The summed E-state index contributed by atoms with van der Waals surface area (Å²) in [6.45, 7) is 23.7. The summed E-state index contributed by atoms with van der Waals surface area (Å²) >= 11 is 0. The van der Waals surface area contributed by atoms with E-state index >= 15 is 0 Å². The average Bonchev–Trinajstić information content (AvgIpc) is 2.46. The molecule has 0 radical (unpaired) electrons. The second-order valence-corrected chi connectivity index (χ2v) is 17.6. The zero-order chi connectivity index (χ0) is 18.7. The standard InChI is InChI=1S/C20H40N2P2/c1-15(2)23(9,16(3)4)21-19-12-11-13-20(14-19)22-24(10,17(5)6)18(7)8/h11-18,21-22H,1-10H3/q+2. The first-order valence-corrected chi connectivity index (χ1v) is 14.1. The summed E-state index contributed by atoms with van der Waals surface area (Å²) in [6.07, 6.45) is 0. The molecule has 2 nitrogen and oxygen atoms in total. The highest BCUT2D eigenvalue weighted by Gasteiger charge is 2.41. The van der Waals surface area contributed by atoms with Crippen LogP contribution in [-0.4, -0.2) is 36.0 Å². The third kappa shape index (κ3) is 4.86. The van der Waals surface area contributed by atoms with E-state index < -0.39 is 14.8 Å². The first-order chi connectivity index (χ1) is 10.9. The second-order valence-electron chi connectivity index (χ2n) is 8.47. The summed E-state index contributed by atoms with van der Waals surface area (Å²) in [5, 5.41) is 7.84. The molecule has 1 aromatic carbocycles. The summed E-state index contributed by atoms with van der Waals surface area (Å²) < 4.78 is 0. The molecule has 138 valence electrons. The van der Waals surface area contributed by atoms with Crippen molar-refractivity contribution in [3.05, 3.63) is 24.3 Å². The fourth-order valence-corrected chi connectivity index (χ4v) is 7.73. The van der Waals surface area contributed by atoms with Crippen LogP contribution in [0.4, 0.5) is 11.4 Å². The third-order valence-electron chi connectivity index (χ3n) is 5.89. The first kappa shape index (κ1) is 21.7. The Balaban J connectivity index is 3.07. The number of nitrogens with one attached hydrogen (secondary N) is 2. The molecule has 0 aliphatic rings. The molecule has 1 aromatic rings. The molecular formula is C20H40N2P2+2. The van der Waals surface area contributed by atoms with Crippen molar-refractivity contribution in [2.45, 2.75) is 78.0 Å². The van der Waals surface area contributed by atoms with E-state index in [9.17, 15) is 0 Å². The number of benzene rings is 1. The predicted molar refractivity (Wildman–Crippen MR) is 120 cm³/mol. The van der Waals surface area contributed by atoms with Gasteiger partial charge in [-0.2, -0.15) is 0 Å². The predicted octanol–water partition coefficient (Wildman–Crippen LogP) is 7.27. The van der Waals surface area contributed by atoms with Crippen LogP contribution in [0.25, 0.3) is 0 Å². The Morgan fingerprint density at radius 1 is 0.625 bits per heavy atom. The molecule has 0 bridgehead atoms. The van der Waals surface area contributed by atoms with E-state index in [1.165, 1.54) is 11.4 Å². The fraction of sp³-hybridized carbons (Fsp3) is 0.700. The van der Waals surface area contributed by atoms with Crippen LogP contribution in [0.15, 0.2) is 24.3 Å². The molecule has 0 atom stereocenters. The minimum Gasteiger partial charge on any atom is -0.261 e. The van der Waals surface area contributed by atoms with Gasteiger partial charge in [-0.3, -0.25) is 10.2 Å². The molecule has 0 saturated carbocycles. The van der Waals surface area contributed by atoms with Crippen LogP contribution in [0.2, 0.25) is 0 Å². The lowest BCUT2D eigenvalue weighted by Crippen LogP contribution is -2.22. The van der Waals surface area contributed by atoms with Crippen LogP contribution in [0, 0.1) is 0 Å². The van der Waals surface area contributed by atoms with Gasteiger partial charge in [0, 0.05) is 0 Å². The molecule has 0 aliphatic heterocycles. The summed E-state index contributed by atoms with van der Waals surface area (Å²) in [7, 11) is -2.43. The molecule has 2 N–H and O–H groups in total. The van der Waals surface area contributed by atoms with Gasteiger partial charge in [0.15, 0.2) is 0 Å². The Labute approximate surface area is 152 Å². The molecular weight excluding hydrogens is 330 g/mol. The minimum atomic E-state index is -1.21. The fourth-order valence-electron chi connectivity index (χ4n) is 2.92. The SMILES string of the molecule is CC(C)[P+](C)(Nc1cccc(N[P+](C)(C(C)C)C(C)C)c1)C(C)C. The highest BCUT2D eigenvalue weighted by molar-refractivity contribution is 7.78. The van der Waals surface area contributed by atoms with Gasteiger partial charge in [0.05, 0.1) is 47.3 Å². The lowest BCUT2D eigenvalue weighted by molar-refractivity contribution is 0.989. The summed E-state index contributed by atoms with van der Waals surface area (Å²) in [5.41, 5.74) is 5.24. The quantitative estimate of drug-likeness (QED) is 0.470. The van der Waals surface area contributed by atoms with Crippen molar-refractivity contribution >= 4 is 26.2 Å². The zero-order valence-electron chi connectivity index (χ0n) is 17.5. The van der Waals surface area contributed by atoms with E-state index in [0.717, 1.165) is 0 Å². The Bertz CT molecular complexity index is 465. The van der Waals surface area contributed by atoms with Gasteiger partial charge in [-0.25, -0.2) is 0 Å². The lowest BCUT2D eigenvalue weighted by Gasteiger charge is -2.33. The normalized spacial score (nSPS) is 13.2. The molecule has 0 aromatic heterocycles. The van der Waals surface area contributed by atoms with Crippen molar-refractivity contribution in [1.82, 2.24) is 0 Å². The Hall–Kier alpha value is -0.320. The highest BCUT2D eigenvalue weighted by Crippen LogP contribution is 2.64. The number of hydrogen-bond donors (Lipinski definition) is 2. The molecule has 0 unspecified atom stereocenters. The van der Waals surface area contributed by atoms with E-state index in [0.29, 0.717) is 22.6 Å². The van der Waals surface area contributed by atoms with Crippen LogP contribution in [-0.2, 0) is 0 Å². The molecule has 24 heavy (non-hydrogen) atoms. The number of anilines is 2. The third-order valence-corrected chi connectivity index (χ3v) is 16.0. The van der Waals surface area contributed by atoms with Gasteiger partial charge < -0.3 is 0 Å². The summed E-state index contributed by atoms with van der Waals surface area (Å²) in [6, 6.07) is 8.93. The van der Waals surface area contributed by atoms with E-state index in [-0.39, 0.29) is 0 Å². The zero-order valence-corrected chi connectivity index (χ0v) is 19.3. The van der Waals surface area contributed by atoms with Gasteiger partial charge in [0.25, 0.3) is 0 Å². The van der Waals surface area contributed by atoms with Gasteiger partial charge in [0.1, 0.15) is 14.8 Å².